The predicted octanol–water partition coefficient (Wildman–Crippen LogP) is 6.06. The van der Waals surface area contributed by atoms with Crippen LogP contribution >= 0.6 is 10.3 Å². The van der Waals surface area contributed by atoms with Gasteiger partial charge in [-0.15, -0.1) is 0 Å². The molecule has 3 rings (SSSR count). The van der Waals surface area contributed by atoms with Crippen LogP contribution in [0.3, 0.4) is 0 Å². The molecule has 0 aliphatic carbocycles. The van der Waals surface area contributed by atoms with Crippen LogP contribution in [0, 0.1) is 5.92 Å². The minimum absolute atomic E-state index is 0.0302. The molecule has 1 saturated heterocycles. The number of hydrogen-bond donors (Lipinski definition) is 0. The van der Waals surface area contributed by atoms with E-state index in [2.05, 4.69) is 88.4 Å². The van der Waals surface area contributed by atoms with Crippen molar-refractivity contribution in [1.29, 1.82) is 0 Å². The van der Waals surface area contributed by atoms with E-state index in [0.717, 1.165) is 13.0 Å². The van der Waals surface area contributed by atoms with E-state index in [1.165, 1.54) is 9.79 Å². The molecule has 0 amide bonds. The summed E-state index contributed by atoms with van der Waals surface area (Å²) >= 11 is 0. The molecule has 1 aliphatic heterocycles. The number of benzene rings is 2. The van der Waals surface area contributed by atoms with Gasteiger partial charge < -0.3 is 8.92 Å². The Morgan fingerprint density at radius 1 is 0.960 bits per heavy atom. The molecule has 0 N–H and O–H groups in total. The van der Waals surface area contributed by atoms with Gasteiger partial charge in [-0.25, -0.2) is 0 Å². The van der Waals surface area contributed by atoms with Gasteiger partial charge in [-0.3, -0.25) is 0 Å². The Morgan fingerprint density at radius 2 is 1.48 bits per heavy atom. The third-order valence-corrected chi connectivity index (χ3v) is 9.05. The lowest BCUT2D eigenvalue weighted by atomic mass is 10.1. The van der Waals surface area contributed by atoms with Gasteiger partial charge in [-0.1, -0.05) is 53.6 Å². The molecule has 2 aromatic carbocycles. The van der Waals surface area contributed by atoms with Crippen molar-refractivity contribution in [3.63, 3.8) is 0 Å². The summed E-state index contributed by atoms with van der Waals surface area (Å²) in [6.07, 6.45) is 1.32. The molecule has 2 aromatic rings. The Bertz CT molecular complexity index is 624. The zero-order valence-corrected chi connectivity index (χ0v) is 16.6. The van der Waals surface area contributed by atoms with Crippen LogP contribution in [0.5, 0.6) is 0 Å². The van der Waals surface area contributed by atoms with Crippen molar-refractivity contribution in [1.82, 2.24) is 0 Å². The van der Waals surface area contributed by atoms with E-state index in [0.29, 0.717) is 12.5 Å². The Kier molecular flexibility index (Phi) is 5.57. The molecule has 2 nitrogen and oxygen atoms in total. The highest BCUT2D eigenvalue weighted by Crippen LogP contribution is 2.71. The van der Waals surface area contributed by atoms with Crippen molar-refractivity contribution >= 4 is 10.3 Å². The fraction of sp³-hybridized carbons (Fsp3) is 0.455. The fourth-order valence-electron chi connectivity index (χ4n) is 3.52. The number of rotatable bonds is 5. The minimum Gasteiger partial charge on any atom is -0.375 e. The van der Waals surface area contributed by atoms with Crippen LogP contribution in [0.2, 0.25) is 0 Å². The van der Waals surface area contributed by atoms with Crippen molar-refractivity contribution in [2.24, 2.45) is 5.92 Å². The maximum atomic E-state index is 6.88. The minimum atomic E-state index is -1.66. The molecule has 0 spiro atoms. The van der Waals surface area contributed by atoms with Crippen LogP contribution in [0.1, 0.15) is 34.1 Å². The first kappa shape index (κ1) is 18.5. The monoisotopic (exact) mass is 358 g/mol. The molecular weight excluding hydrogens is 328 g/mol. The third-order valence-electron chi connectivity index (χ3n) is 4.96. The van der Waals surface area contributed by atoms with E-state index in [1.54, 1.807) is 0 Å². The van der Waals surface area contributed by atoms with E-state index < -0.39 is 10.3 Å². The van der Waals surface area contributed by atoms with Crippen LogP contribution in [0.15, 0.2) is 70.5 Å². The van der Waals surface area contributed by atoms with Crippen molar-refractivity contribution in [3.8, 4) is 0 Å². The zero-order valence-electron chi connectivity index (χ0n) is 15.8. The average molecular weight is 359 g/mol. The largest absolute Gasteiger partial charge is 0.375 e. The summed E-state index contributed by atoms with van der Waals surface area (Å²) in [5, 5.41) is 0. The summed E-state index contributed by atoms with van der Waals surface area (Å²) in [5.41, 5.74) is 0. The third kappa shape index (κ3) is 3.64. The van der Waals surface area contributed by atoms with Gasteiger partial charge in [-0.2, -0.15) is 0 Å². The van der Waals surface area contributed by atoms with Gasteiger partial charge in [0.1, 0.15) is 0 Å². The van der Waals surface area contributed by atoms with E-state index in [-0.39, 0.29) is 10.9 Å². The zero-order chi connectivity index (χ0) is 17.9. The molecule has 3 heteroatoms. The molecule has 1 heterocycles. The Hall–Kier alpha value is -1.29. The maximum Gasteiger partial charge on any atom is 0.0866 e. The van der Waals surface area contributed by atoms with E-state index in [1.807, 2.05) is 0 Å². The van der Waals surface area contributed by atoms with Crippen LogP contribution in [0.25, 0.3) is 0 Å². The highest BCUT2D eigenvalue weighted by atomic mass is 32.3. The second-order valence-electron chi connectivity index (χ2n) is 7.75. The molecule has 0 saturated carbocycles. The second-order valence-corrected chi connectivity index (χ2v) is 11.3. The molecule has 0 radical (unpaired) electrons. The normalized spacial score (nSPS) is 22.1. The summed E-state index contributed by atoms with van der Waals surface area (Å²) < 4.78 is 12.8. The molecule has 136 valence electrons. The van der Waals surface area contributed by atoms with Crippen molar-refractivity contribution < 1.29 is 8.92 Å². The number of ether oxygens (including phenoxy) is 1. The molecule has 1 aliphatic rings. The van der Waals surface area contributed by atoms with Gasteiger partial charge in [0.25, 0.3) is 0 Å². The lowest BCUT2D eigenvalue weighted by molar-refractivity contribution is 0.0555. The predicted molar refractivity (Wildman–Crippen MR) is 106 cm³/mol. The Balaban J connectivity index is 2.05. The van der Waals surface area contributed by atoms with Gasteiger partial charge in [0, 0.05) is 21.1 Å². The smallest absolute Gasteiger partial charge is 0.0866 e. The molecule has 1 fully saturated rings. The van der Waals surface area contributed by atoms with Gasteiger partial charge in [0.2, 0.25) is 0 Å². The molecular formula is C22H30O2S. The SMILES string of the molecule is C[C@H]1CCOC1COS(c1ccccc1)(c1ccccc1)C(C)(C)C. The Labute approximate surface area is 154 Å². The summed E-state index contributed by atoms with van der Waals surface area (Å²) in [7, 11) is -1.66. The first-order valence-corrected chi connectivity index (χ1v) is 10.7. The second kappa shape index (κ2) is 7.53. The standard InChI is InChI=1S/C22H30O2S/c1-18-15-16-23-21(18)17-24-25(22(2,3)4,19-11-7-5-8-12-19)20-13-9-6-10-14-20/h5-14,18,21H,15-17H2,1-4H3/t18-,21?/m0/s1. The average Bonchev–Trinajstić information content (AvgIpc) is 3.01. The quantitative estimate of drug-likeness (QED) is 0.646. The molecule has 2 atom stereocenters. The van der Waals surface area contributed by atoms with Gasteiger partial charge in [0.05, 0.1) is 12.7 Å². The molecule has 0 aromatic heterocycles. The molecule has 0 bridgehead atoms. The molecule has 1 unspecified atom stereocenters. The summed E-state index contributed by atoms with van der Waals surface area (Å²) in [4.78, 5) is 2.55. The van der Waals surface area contributed by atoms with Crippen molar-refractivity contribution in [3.05, 3.63) is 60.7 Å². The van der Waals surface area contributed by atoms with Crippen LogP contribution in [-0.4, -0.2) is 24.1 Å². The van der Waals surface area contributed by atoms with E-state index >= 15 is 0 Å². The van der Waals surface area contributed by atoms with E-state index in [4.69, 9.17) is 8.92 Å². The highest BCUT2D eigenvalue weighted by Gasteiger charge is 2.42. The van der Waals surface area contributed by atoms with Gasteiger partial charge in [0.15, 0.2) is 0 Å². The lowest BCUT2D eigenvalue weighted by Gasteiger charge is -2.50. The first-order valence-electron chi connectivity index (χ1n) is 9.14. The summed E-state index contributed by atoms with van der Waals surface area (Å²) in [5.74, 6) is 0.559. The molecule has 25 heavy (non-hydrogen) atoms. The van der Waals surface area contributed by atoms with Crippen molar-refractivity contribution in [2.45, 2.75) is 54.8 Å². The topological polar surface area (TPSA) is 18.5 Å². The maximum absolute atomic E-state index is 6.88. The Morgan fingerprint density at radius 3 is 1.88 bits per heavy atom. The van der Waals surface area contributed by atoms with E-state index in [9.17, 15) is 0 Å². The summed E-state index contributed by atoms with van der Waals surface area (Å²) in [6.45, 7) is 10.6. The summed E-state index contributed by atoms with van der Waals surface area (Å²) in [6, 6.07) is 21.5. The fourth-order valence-corrected chi connectivity index (χ4v) is 7.25. The van der Waals surface area contributed by atoms with Crippen LogP contribution in [-0.2, 0) is 8.92 Å². The van der Waals surface area contributed by atoms with Gasteiger partial charge in [-0.05, 0) is 57.4 Å². The van der Waals surface area contributed by atoms with Gasteiger partial charge >= 0.3 is 0 Å². The highest BCUT2D eigenvalue weighted by molar-refractivity contribution is 8.31. The van der Waals surface area contributed by atoms with Crippen molar-refractivity contribution in [2.75, 3.05) is 13.2 Å². The van der Waals surface area contributed by atoms with Crippen LogP contribution < -0.4 is 0 Å². The lowest BCUT2D eigenvalue weighted by Crippen LogP contribution is -2.31. The number of hydrogen-bond acceptors (Lipinski definition) is 2. The first-order chi connectivity index (χ1) is 11.9. The van der Waals surface area contributed by atoms with Crippen LogP contribution in [0.4, 0.5) is 0 Å².